The molecule has 0 spiro atoms. The topological polar surface area (TPSA) is 40.5 Å². The lowest BCUT2D eigenvalue weighted by Gasteiger charge is -2.19. The van der Waals surface area contributed by atoms with Crippen molar-refractivity contribution in [3.05, 3.63) is 47.1 Å². The Labute approximate surface area is 132 Å². The van der Waals surface area contributed by atoms with Crippen LogP contribution in [0.2, 0.25) is 0 Å². The third-order valence-corrected chi connectivity index (χ3v) is 5.96. The van der Waals surface area contributed by atoms with Gasteiger partial charge in [0.25, 0.3) is 5.91 Å². The highest BCUT2D eigenvalue weighted by atomic mass is 32.1. The van der Waals surface area contributed by atoms with Crippen LogP contribution in [0.1, 0.15) is 16.1 Å². The fourth-order valence-electron chi connectivity index (χ4n) is 3.40. The summed E-state index contributed by atoms with van der Waals surface area (Å²) in [5, 5.41) is 9.44. The molecule has 4 rings (SSSR count). The Morgan fingerprint density at radius 2 is 2.27 bits per heavy atom. The third kappa shape index (κ3) is 2.16. The normalized spacial score (nSPS) is 26.1. The number of fused-ring (bicyclic) bond motifs is 1. The molecule has 5 heteroatoms. The first-order chi connectivity index (χ1) is 10.6. The van der Waals surface area contributed by atoms with Crippen molar-refractivity contribution in [2.75, 3.05) is 19.7 Å². The second-order valence-electron chi connectivity index (χ2n) is 6.28. The van der Waals surface area contributed by atoms with E-state index in [1.807, 2.05) is 23.1 Å². The first-order valence-corrected chi connectivity index (χ1v) is 8.19. The van der Waals surface area contributed by atoms with E-state index in [-0.39, 0.29) is 23.7 Å². The number of thiophene rings is 1. The summed E-state index contributed by atoms with van der Waals surface area (Å²) in [6, 6.07) is 10.1. The Morgan fingerprint density at radius 1 is 1.41 bits per heavy atom. The average Bonchev–Trinajstić information content (AvgIpc) is 2.92. The molecule has 0 radical (unpaired) electrons. The number of carbonyl (C=O) groups is 1. The van der Waals surface area contributed by atoms with Crippen molar-refractivity contribution in [2.24, 2.45) is 11.3 Å². The van der Waals surface area contributed by atoms with E-state index < -0.39 is 0 Å². The highest BCUT2D eigenvalue weighted by molar-refractivity contribution is 7.17. The van der Waals surface area contributed by atoms with Gasteiger partial charge in [-0.05, 0) is 42.2 Å². The van der Waals surface area contributed by atoms with Crippen LogP contribution in [0.3, 0.4) is 0 Å². The fourth-order valence-corrected chi connectivity index (χ4v) is 4.37. The molecule has 1 aliphatic carbocycles. The molecule has 2 fully saturated rings. The Bertz CT molecular complexity index is 740. The highest BCUT2D eigenvalue weighted by Crippen LogP contribution is 2.57. The number of likely N-dealkylation sites (tertiary alicyclic amines) is 1. The molecule has 1 saturated carbocycles. The van der Waals surface area contributed by atoms with Gasteiger partial charge in [-0.1, -0.05) is 12.1 Å². The standard InChI is InChI=1S/C17H16FNO2S/c18-13-3-1-2-11(6-13)14-4-5-15(22-14)16(21)19-8-12-7-17(12,9-19)10-20/h1-6,12,20H,7-10H2. The molecule has 2 unspecified atom stereocenters. The van der Waals surface area contributed by atoms with Gasteiger partial charge in [-0.2, -0.15) is 0 Å². The molecule has 3 nitrogen and oxygen atoms in total. The quantitative estimate of drug-likeness (QED) is 0.945. The lowest BCUT2D eigenvalue weighted by Crippen LogP contribution is -2.32. The van der Waals surface area contributed by atoms with E-state index >= 15 is 0 Å². The molecule has 1 aromatic carbocycles. The number of nitrogens with zero attached hydrogens (tertiary/aromatic N) is 1. The lowest BCUT2D eigenvalue weighted by atomic mass is 10.1. The number of carbonyl (C=O) groups excluding carboxylic acids is 1. The van der Waals surface area contributed by atoms with E-state index in [2.05, 4.69) is 0 Å². The number of aliphatic hydroxyl groups excluding tert-OH is 1. The molecule has 2 aliphatic rings. The average molecular weight is 317 g/mol. The van der Waals surface area contributed by atoms with Crippen molar-refractivity contribution in [2.45, 2.75) is 6.42 Å². The minimum absolute atomic E-state index is 0.0210. The molecule has 1 amide bonds. The molecule has 0 bridgehead atoms. The Kier molecular flexibility index (Phi) is 3.09. The van der Waals surface area contributed by atoms with E-state index in [4.69, 9.17) is 0 Å². The van der Waals surface area contributed by atoms with Gasteiger partial charge in [-0.3, -0.25) is 4.79 Å². The Balaban J connectivity index is 1.53. The number of aliphatic hydroxyl groups is 1. The second-order valence-corrected chi connectivity index (χ2v) is 7.37. The summed E-state index contributed by atoms with van der Waals surface area (Å²) in [7, 11) is 0. The van der Waals surface area contributed by atoms with Crippen molar-refractivity contribution in [1.82, 2.24) is 4.90 Å². The number of rotatable bonds is 3. The van der Waals surface area contributed by atoms with Crippen molar-refractivity contribution in [3.8, 4) is 10.4 Å². The maximum atomic E-state index is 13.3. The van der Waals surface area contributed by atoms with Crippen LogP contribution < -0.4 is 0 Å². The summed E-state index contributed by atoms with van der Waals surface area (Å²) in [6.45, 7) is 1.56. The van der Waals surface area contributed by atoms with Gasteiger partial charge >= 0.3 is 0 Å². The minimum Gasteiger partial charge on any atom is -0.396 e. The summed E-state index contributed by atoms with van der Waals surface area (Å²) >= 11 is 1.39. The maximum absolute atomic E-state index is 13.3. The van der Waals surface area contributed by atoms with E-state index in [9.17, 15) is 14.3 Å². The van der Waals surface area contributed by atoms with Crippen molar-refractivity contribution in [3.63, 3.8) is 0 Å². The van der Waals surface area contributed by atoms with Gasteiger partial charge in [0.2, 0.25) is 0 Å². The zero-order valence-corrected chi connectivity index (χ0v) is 12.8. The number of hydrogen-bond acceptors (Lipinski definition) is 3. The fraction of sp³-hybridized carbons (Fsp3) is 0.353. The van der Waals surface area contributed by atoms with Crippen LogP contribution in [0.25, 0.3) is 10.4 Å². The van der Waals surface area contributed by atoms with Crippen molar-refractivity contribution in [1.29, 1.82) is 0 Å². The molecule has 22 heavy (non-hydrogen) atoms. The lowest BCUT2D eigenvalue weighted by molar-refractivity contribution is 0.0756. The van der Waals surface area contributed by atoms with Gasteiger partial charge in [0.15, 0.2) is 0 Å². The van der Waals surface area contributed by atoms with Crippen LogP contribution in [-0.2, 0) is 0 Å². The number of benzene rings is 1. The first kappa shape index (κ1) is 13.9. The van der Waals surface area contributed by atoms with E-state index in [1.165, 1.54) is 23.5 Å². The van der Waals surface area contributed by atoms with Crippen LogP contribution in [0.4, 0.5) is 4.39 Å². The first-order valence-electron chi connectivity index (χ1n) is 7.37. The monoisotopic (exact) mass is 317 g/mol. The van der Waals surface area contributed by atoms with Gasteiger partial charge in [0.1, 0.15) is 5.82 Å². The smallest absolute Gasteiger partial charge is 0.263 e. The molecule has 1 aliphatic heterocycles. The van der Waals surface area contributed by atoms with Crippen LogP contribution >= 0.6 is 11.3 Å². The minimum atomic E-state index is -0.275. The van der Waals surface area contributed by atoms with Crippen LogP contribution in [0.15, 0.2) is 36.4 Å². The van der Waals surface area contributed by atoms with Gasteiger partial charge in [-0.15, -0.1) is 11.3 Å². The predicted octanol–water partition coefficient (Wildman–Crippen LogP) is 3.01. The van der Waals surface area contributed by atoms with Crippen LogP contribution in [0.5, 0.6) is 0 Å². The zero-order chi connectivity index (χ0) is 15.3. The van der Waals surface area contributed by atoms with Crippen LogP contribution in [0, 0.1) is 17.2 Å². The number of piperidine rings is 1. The molecule has 1 N–H and O–H groups in total. The molecule has 2 aromatic rings. The predicted molar refractivity (Wildman–Crippen MR) is 83.2 cm³/mol. The third-order valence-electron chi connectivity index (χ3n) is 4.83. The largest absolute Gasteiger partial charge is 0.396 e. The van der Waals surface area contributed by atoms with E-state index in [0.29, 0.717) is 17.3 Å². The maximum Gasteiger partial charge on any atom is 0.263 e. The van der Waals surface area contributed by atoms with Gasteiger partial charge in [-0.25, -0.2) is 4.39 Å². The second kappa shape index (κ2) is 4.89. The molecule has 114 valence electrons. The van der Waals surface area contributed by atoms with Gasteiger partial charge < -0.3 is 10.0 Å². The molecular weight excluding hydrogens is 301 g/mol. The highest BCUT2D eigenvalue weighted by Gasteiger charge is 2.60. The van der Waals surface area contributed by atoms with Crippen molar-refractivity contribution < 1.29 is 14.3 Å². The molecular formula is C17H16FNO2S. The summed E-state index contributed by atoms with van der Waals surface area (Å²) in [5.41, 5.74) is 0.762. The zero-order valence-electron chi connectivity index (χ0n) is 12.0. The van der Waals surface area contributed by atoms with Crippen molar-refractivity contribution >= 4 is 17.2 Å². The van der Waals surface area contributed by atoms with Crippen LogP contribution in [-0.4, -0.2) is 35.6 Å². The molecule has 2 heterocycles. The molecule has 1 saturated heterocycles. The Hall–Kier alpha value is -1.72. The summed E-state index contributed by atoms with van der Waals surface area (Å²) in [6.07, 6.45) is 1.03. The van der Waals surface area contributed by atoms with E-state index in [1.54, 1.807) is 6.07 Å². The molecule has 1 aromatic heterocycles. The number of hydrogen-bond donors (Lipinski definition) is 1. The Morgan fingerprint density at radius 3 is 3.00 bits per heavy atom. The van der Waals surface area contributed by atoms with E-state index in [0.717, 1.165) is 23.4 Å². The van der Waals surface area contributed by atoms with Gasteiger partial charge in [0, 0.05) is 23.4 Å². The molecule has 2 atom stereocenters. The number of halogens is 1. The summed E-state index contributed by atoms with van der Waals surface area (Å²) in [5.74, 6) is 0.208. The SMILES string of the molecule is O=C(c1ccc(-c2cccc(F)c2)s1)N1CC2CC2(CO)C1. The summed E-state index contributed by atoms with van der Waals surface area (Å²) < 4.78 is 13.3. The summed E-state index contributed by atoms with van der Waals surface area (Å²) in [4.78, 5) is 16.0. The van der Waals surface area contributed by atoms with Gasteiger partial charge in [0.05, 0.1) is 11.5 Å². The number of amides is 1.